The maximum absolute atomic E-state index is 12.4. The molecule has 102 valence electrons. The minimum absolute atomic E-state index is 0.109. The van der Waals surface area contributed by atoms with Crippen molar-refractivity contribution in [2.24, 2.45) is 0 Å². The van der Waals surface area contributed by atoms with Crippen LogP contribution >= 0.6 is 15.9 Å². The number of ether oxygens (including phenoxy) is 1. The van der Waals surface area contributed by atoms with E-state index in [2.05, 4.69) is 15.9 Å². The number of carbonyl (C=O) groups excluding carboxylic acids is 2. The molecule has 2 rings (SSSR count). The van der Waals surface area contributed by atoms with Crippen LogP contribution in [0.15, 0.2) is 28.7 Å². The van der Waals surface area contributed by atoms with E-state index in [4.69, 9.17) is 4.74 Å². The molecule has 0 aliphatic carbocycles. The summed E-state index contributed by atoms with van der Waals surface area (Å²) in [5.74, 6) is -0.437. The van der Waals surface area contributed by atoms with E-state index in [0.29, 0.717) is 18.5 Å². The Morgan fingerprint density at radius 3 is 2.58 bits per heavy atom. The monoisotopic (exact) mass is 325 g/mol. The Morgan fingerprint density at radius 2 is 1.95 bits per heavy atom. The molecule has 1 heterocycles. The van der Waals surface area contributed by atoms with Crippen molar-refractivity contribution in [2.75, 3.05) is 13.7 Å². The minimum Gasteiger partial charge on any atom is -0.467 e. The summed E-state index contributed by atoms with van der Waals surface area (Å²) in [7, 11) is 1.36. The van der Waals surface area contributed by atoms with E-state index in [1.807, 2.05) is 12.1 Å². The number of piperidine rings is 1. The Morgan fingerprint density at radius 1 is 1.26 bits per heavy atom. The Labute approximate surface area is 120 Å². The third-order valence-corrected chi connectivity index (χ3v) is 3.86. The SMILES string of the molecule is COC(=O)[C@H]1CCCCN1C(=O)c1ccc(Br)cc1. The fourth-order valence-corrected chi connectivity index (χ4v) is 2.58. The van der Waals surface area contributed by atoms with Gasteiger partial charge < -0.3 is 9.64 Å². The van der Waals surface area contributed by atoms with Gasteiger partial charge in [0.25, 0.3) is 5.91 Å². The largest absolute Gasteiger partial charge is 0.467 e. The molecule has 1 amide bonds. The highest BCUT2D eigenvalue weighted by molar-refractivity contribution is 9.10. The van der Waals surface area contributed by atoms with Crippen molar-refractivity contribution < 1.29 is 14.3 Å². The lowest BCUT2D eigenvalue weighted by Gasteiger charge is -2.33. The van der Waals surface area contributed by atoms with Gasteiger partial charge in [-0.15, -0.1) is 0 Å². The number of hydrogen-bond donors (Lipinski definition) is 0. The number of rotatable bonds is 2. The lowest BCUT2D eigenvalue weighted by Crippen LogP contribution is -2.48. The summed E-state index contributed by atoms with van der Waals surface area (Å²) in [6.45, 7) is 0.606. The van der Waals surface area contributed by atoms with Crippen LogP contribution in [-0.4, -0.2) is 36.5 Å². The normalized spacial score (nSPS) is 19.1. The second kappa shape index (κ2) is 6.19. The first kappa shape index (κ1) is 14.1. The molecule has 4 nitrogen and oxygen atoms in total. The number of hydrogen-bond acceptors (Lipinski definition) is 3. The smallest absolute Gasteiger partial charge is 0.328 e. The molecule has 0 unspecified atom stereocenters. The summed E-state index contributed by atoms with van der Waals surface area (Å²) in [5.41, 5.74) is 0.596. The molecule has 5 heteroatoms. The molecule has 1 atom stereocenters. The number of halogens is 1. The molecule has 1 aliphatic heterocycles. The Bertz CT molecular complexity index is 472. The van der Waals surface area contributed by atoms with Gasteiger partial charge in [-0.1, -0.05) is 15.9 Å². The second-order valence-corrected chi connectivity index (χ2v) is 5.46. The molecule has 0 radical (unpaired) electrons. The predicted molar refractivity (Wildman–Crippen MR) is 74.8 cm³/mol. The van der Waals surface area contributed by atoms with Crippen molar-refractivity contribution >= 4 is 27.8 Å². The molecule has 0 saturated carbocycles. The third-order valence-electron chi connectivity index (χ3n) is 3.33. The molecule has 1 aliphatic rings. The van der Waals surface area contributed by atoms with Crippen molar-refractivity contribution in [1.29, 1.82) is 0 Å². The lowest BCUT2D eigenvalue weighted by molar-refractivity contribution is -0.147. The topological polar surface area (TPSA) is 46.6 Å². The average Bonchev–Trinajstić information content (AvgIpc) is 2.46. The van der Waals surface area contributed by atoms with E-state index in [-0.39, 0.29) is 11.9 Å². The maximum atomic E-state index is 12.4. The van der Waals surface area contributed by atoms with Gasteiger partial charge in [-0.05, 0) is 43.5 Å². The van der Waals surface area contributed by atoms with Crippen LogP contribution in [0.1, 0.15) is 29.6 Å². The van der Waals surface area contributed by atoms with E-state index in [1.54, 1.807) is 17.0 Å². The van der Waals surface area contributed by atoms with Gasteiger partial charge in [0.2, 0.25) is 0 Å². The van der Waals surface area contributed by atoms with Gasteiger partial charge >= 0.3 is 5.97 Å². The van der Waals surface area contributed by atoms with E-state index in [0.717, 1.165) is 17.3 Å². The average molecular weight is 326 g/mol. The van der Waals surface area contributed by atoms with E-state index in [9.17, 15) is 9.59 Å². The number of methoxy groups -OCH3 is 1. The summed E-state index contributed by atoms with van der Waals surface area (Å²) >= 11 is 3.34. The van der Waals surface area contributed by atoms with Gasteiger partial charge in [0.05, 0.1) is 7.11 Å². The third kappa shape index (κ3) is 3.15. The van der Waals surface area contributed by atoms with Crippen LogP contribution in [-0.2, 0) is 9.53 Å². The van der Waals surface area contributed by atoms with E-state index in [1.165, 1.54) is 7.11 Å². The van der Waals surface area contributed by atoms with Crippen molar-refractivity contribution in [1.82, 2.24) is 4.90 Å². The molecule has 0 bridgehead atoms. The number of esters is 1. The Hall–Kier alpha value is -1.36. The first-order valence-electron chi connectivity index (χ1n) is 6.28. The van der Waals surface area contributed by atoms with E-state index >= 15 is 0 Å². The second-order valence-electron chi connectivity index (χ2n) is 4.54. The predicted octanol–water partition coefficient (Wildman–Crippen LogP) is 2.62. The molecule has 19 heavy (non-hydrogen) atoms. The molecule has 1 fully saturated rings. The molecule has 0 spiro atoms. The minimum atomic E-state index is -0.449. The quantitative estimate of drug-likeness (QED) is 0.785. The number of nitrogens with zero attached hydrogens (tertiary/aromatic N) is 1. The van der Waals surface area contributed by atoms with Gasteiger partial charge in [0, 0.05) is 16.6 Å². The summed E-state index contributed by atoms with van der Waals surface area (Å²) in [6, 6.07) is 6.72. The zero-order valence-electron chi connectivity index (χ0n) is 10.8. The van der Waals surface area contributed by atoms with Crippen LogP contribution < -0.4 is 0 Å². The molecule has 1 aromatic carbocycles. The summed E-state index contributed by atoms with van der Waals surface area (Å²) in [6.07, 6.45) is 2.55. The zero-order chi connectivity index (χ0) is 13.8. The van der Waals surface area contributed by atoms with Gasteiger partial charge in [0.15, 0.2) is 0 Å². The van der Waals surface area contributed by atoms with Crippen LogP contribution in [0.4, 0.5) is 0 Å². The fraction of sp³-hybridized carbons (Fsp3) is 0.429. The van der Waals surface area contributed by atoms with Crippen molar-refractivity contribution in [2.45, 2.75) is 25.3 Å². The number of carbonyl (C=O) groups is 2. The molecule has 1 saturated heterocycles. The van der Waals surface area contributed by atoms with Crippen LogP contribution in [0, 0.1) is 0 Å². The van der Waals surface area contributed by atoms with Gasteiger partial charge in [0.1, 0.15) is 6.04 Å². The van der Waals surface area contributed by atoms with Crippen molar-refractivity contribution in [3.8, 4) is 0 Å². The zero-order valence-corrected chi connectivity index (χ0v) is 12.4. The number of likely N-dealkylation sites (tertiary alicyclic amines) is 1. The Balaban J connectivity index is 2.20. The summed E-state index contributed by atoms with van der Waals surface area (Å²) < 4.78 is 5.71. The molecular formula is C14H16BrNO3. The highest BCUT2D eigenvalue weighted by Crippen LogP contribution is 2.21. The first-order chi connectivity index (χ1) is 9.13. The van der Waals surface area contributed by atoms with Gasteiger partial charge in [-0.3, -0.25) is 4.79 Å². The van der Waals surface area contributed by atoms with Crippen LogP contribution in [0.2, 0.25) is 0 Å². The lowest BCUT2D eigenvalue weighted by atomic mass is 10.0. The van der Waals surface area contributed by atoms with E-state index < -0.39 is 6.04 Å². The molecular weight excluding hydrogens is 310 g/mol. The fourth-order valence-electron chi connectivity index (χ4n) is 2.31. The summed E-state index contributed by atoms with van der Waals surface area (Å²) in [4.78, 5) is 25.8. The van der Waals surface area contributed by atoms with Crippen molar-refractivity contribution in [3.05, 3.63) is 34.3 Å². The Kier molecular flexibility index (Phi) is 4.58. The standard InChI is InChI=1S/C14H16BrNO3/c1-19-14(18)12-4-2-3-9-16(12)13(17)10-5-7-11(15)8-6-10/h5-8,12H,2-4,9H2,1H3/t12-/m1/s1. The highest BCUT2D eigenvalue weighted by Gasteiger charge is 2.33. The first-order valence-corrected chi connectivity index (χ1v) is 7.07. The van der Waals surface area contributed by atoms with Crippen molar-refractivity contribution in [3.63, 3.8) is 0 Å². The number of amides is 1. The van der Waals surface area contributed by atoms with Crippen LogP contribution in [0.3, 0.4) is 0 Å². The molecule has 0 N–H and O–H groups in total. The van der Waals surface area contributed by atoms with Crippen LogP contribution in [0.25, 0.3) is 0 Å². The molecule has 1 aromatic rings. The maximum Gasteiger partial charge on any atom is 0.328 e. The highest BCUT2D eigenvalue weighted by atomic mass is 79.9. The summed E-state index contributed by atoms with van der Waals surface area (Å²) in [5, 5.41) is 0. The van der Waals surface area contributed by atoms with Crippen LogP contribution in [0.5, 0.6) is 0 Å². The number of benzene rings is 1. The van der Waals surface area contributed by atoms with Gasteiger partial charge in [-0.25, -0.2) is 4.79 Å². The molecule has 0 aromatic heterocycles. The van der Waals surface area contributed by atoms with Gasteiger partial charge in [-0.2, -0.15) is 0 Å².